The zero-order valence-electron chi connectivity index (χ0n) is 18.7. The quantitative estimate of drug-likeness (QED) is 0.779. The maximum Gasteiger partial charge on any atom is 0.0481 e. The van der Waals surface area contributed by atoms with E-state index < -0.39 is 0 Å². The molecule has 1 spiro atoms. The van der Waals surface area contributed by atoms with Gasteiger partial charge in [-0.1, -0.05) is 51.0 Å². The lowest BCUT2D eigenvalue weighted by Crippen LogP contribution is -2.60. The van der Waals surface area contributed by atoms with Crippen molar-refractivity contribution in [3.8, 4) is 0 Å². The van der Waals surface area contributed by atoms with Crippen molar-refractivity contribution in [3.05, 3.63) is 35.4 Å². The van der Waals surface area contributed by atoms with Crippen LogP contribution in [0.3, 0.4) is 0 Å². The van der Waals surface area contributed by atoms with Crippen LogP contribution < -0.4 is 5.32 Å². The van der Waals surface area contributed by atoms with E-state index in [9.17, 15) is 0 Å². The minimum absolute atomic E-state index is 0.590. The Morgan fingerprint density at radius 1 is 0.966 bits per heavy atom. The first-order valence-corrected chi connectivity index (χ1v) is 12.4. The molecule has 2 saturated heterocycles. The van der Waals surface area contributed by atoms with Crippen LogP contribution in [0.2, 0.25) is 0 Å². The third-order valence-corrected chi connectivity index (χ3v) is 8.74. The molecule has 5 rings (SSSR count). The number of piperazine rings is 1. The molecule has 29 heavy (non-hydrogen) atoms. The lowest BCUT2D eigenvalue weighted by Gasteiger charge is -2.58. The van der Waals surface area contributed by atoms with Crippen molar-refractivity contribution in [2.75, 3.05) is 32.7 Å². The monoisotopic (exact) mass is 395 g/mol. The van der Waals surface area contributed by atoms with Crippen molar-refractivity contribution in [1.29, 1.82) is 0 Å². The standard InChI is InChI=1S/C26H41N3/c1-20(2)23-9-5-6-10-24(23)25-19-28(21-7-3-4-8-21)15-16-29(25)22-17-26(18-22)11-13-27-14-12-26/h5-6,9-10,20-22,25,27H,3-4,7-8,11-19H2,1-2H3. The van der Waals surface area contributed by atoms with E-state index in [0.717, 1.165) is 12.1 Å². The molecule has 0 radical (unpaired) electrons. The number of hydrogen-bond acceptors (Lipinski definition) is 3. The average Bonchev–Trinajstić information content (AvgIpc) is 3.27. The first-order valence-electron chi connectivity index (χ1n) is 12.4. The van der Waals surface area contributed by atoms with Crippen LogP contribution in [-0.4, -0.2) is 54.6 Å². The fraction of sp³-hybridized carbons (Fsp3) is 0.769. The average molecular weight is 396 g/mol. The maximum absolute atomic E-state index is 3.57. The first kappa shape index (κ1) is 20.0. The summed E-state index contributed by atoms with van der Waals surface area (Å²) in [7, 11) is 0. The largest absolute Gasteiger partial charge is 0.317 e. The predicted molar refractivity (Wildman–Crippen MR) is 121 cm³/mol. The van der Waals surface area contributed by atoms with Crippen molar-refractivity contribution >= 4 is 0 Å². The van der Waals surface area contributed by atoms with Gasteiger partial charge in [0.05, 0.1) is 0 Å². The van der Waals surface area contributed by atoms with Crippen LogP contribution in [0.15, 0.2) is 24.3 Å². The van der Waals surface area contributed by atoms with Crippen molar-refractivity contribution in [3.63, 3.8) is 0 Å². The SMILES string of the molecule is CC(C)c1ccccc1C1CN(C2CCCC2)CCN1C1CC2(CCNCC2)C1. The third kappa shape index (κ3) is 3.91. The minimum atomic E-state index is 0.590. The fourth-order valence-corrected chi connectivity index (χ4v) is 7.01. The summed E-state index contributed by atoms with van der Waals surface area (Å²) < 4.78 is 0. The molecule has 1 aromatic carbocycles. The number of piperidine rings is 1. The van der Waals surface area contributed by atoms with Gasteiger partial charge in [-0.3, -0.25) is 9.80 Å². The summed E-state index contributed by atoms with van der Waals surface area (Å²) >= 11 is 0. The Labute approximate surface area is 178 Å². The fourth-order valence-electron chi connectivity index (χ4n) is 7.01. The molecule has 2 aliphatic heterocycles. The van der Waals surface area contributed by atoms with Gasteiger partial charge in [-0.15, -0.1) is 0 Å². The van der Waals surface area contributed by atoms with E-state index in [4.69, 9.17) is 0 Å². The Morgan fingerprint density at radius 3 is 2.41 bits per heavy atom. The van der Waals surface area contributed by atoms with Crippen LogP contribution in [0, 0.1) is 5.41 Å². The van der Waals surface area contributed by atoms with Crippen LogP contribution in [-0.2, 0) is 0 Å². The zero-order chi connectivity index (χ0) is 19.8. The lowest BCUT2D eigenvalue weighted by molar-refractivity contribution is -0.0692. The molecule has 0 amide bonds. The van der Waals surface area contributed by atoms with Crippen molar-refractivity contribution in [2.24, 2.45) is 5.41 Å². The molecule has 3 heteroatoms. The smallest absolute Gasteiger partial charge is 0.0481 e. The number of hydrogen-bond donors (Lipinski definition) is 1. The lowest BCUT2D eigenvalue weighted by atomic mass is 9.60. The van der Waals surface area contributed by atoms with Crippen LogP contribution in [0.4, 0.5) is 0 Å². The Morgan fingerprint density at radius 2 is 1.69 bits per heavy atom. The summed E-state index contributed by atoms with van der Waals surface area (Å²) in [5.74, 6) is 0.604. The van der Waals surface area contributed by atoms with E-state index in [0.29, 0.717) is 17.4 Å². The van der Waals surface area contributed by atoms with Gasteiger partial charge in [0.15, 0.2) is 0 Å². The summed E-state index contributed by atoms with van der Waals surface area (Å²) in [6.07, 6.45) is 11.4. The number of nitrogens with zero attached hydrogens (tertiary/aromatic N) is 2. The van der Waals surface area contributed by atoms with E-state index in [1.807, 2.05) is 0 Å². The Bertz CT molecular complexity index is 679. The molecule has 1 aromatic rings. The van der Waals surface area contributed by atoms with Crippen molar-refractivity contribution in [2.45, 2.75) is 89.3 Å². The van der Waals surface area contributed by atoms with E-state index >= 15 is 0 Å². The maximum atomic E-state index is 3.57. The Balaban J connectivity index is 1.38. The van der Waals surface area contributed by atoms with Gasteiger partial charge in [-0.2, -0.15) is 0 Å². The molecule has 4 aliphatic rings. The van der Waals surface area contributed by atoms with Gasteiger partial charge in [0.2, 0.25) is 0 Å². The number of nitrogens with one attached hydrogen (secondary N) is 1. The molecule has 3 nitrogen and oxygen atoms in total. The van der Waals surface area contributed by atoms with Crippen LogP contribution in [0.5, 0.6) is 0 Å². The highest BCUT2D eigenvalue weighted by Crippen LogP contribution is 2.52. The van der Waals surface area contributed by atoms with Gasteiger partial charge in [-0.05, 0) is 74.1 Å². The molecular weight excluding hydrogens is 354 g/mol. The molecule has 1 N–H and O–H groups in total. The second-order valence-corrected chi connectivity index (χ2v) is 10.8. The minimum Gasteiger partial charge on any atom is -0.317 e. The first-order chi connectivity index (χ1) is 14.2. The molecule has 0 bridgehead atoms. The van der Waals surface area contributed by atoms with Crippen LogP contribution in [0.25, 0.3) is 0 Å². The van der Waals surface area contributed by atoms with Crippen LogP contribution in [0.1, 0.15) is 88.3 Å². The summed E-state index contributed by atoms with van der Waals surface area (Å²) in [6.45, 7) is 11.0. The van der Waals surface area contributed by atoms with Gasteiger partial charge in [-0.25, -0.2) is 0 Å². The molecule has 4 fully saturated rings. The highest BCUT2D eigenvalue weighted by atomic mass is 15.3. The molecule has 1 atom stereocenters. The van der Waals surface area contributed by atoms with Gasteiger partial charge in [0.1, 0.15) is 0 Å². The second-order valence-electron chi connectivity index (χ2n) is 10.8. The Hall–Kier alpha value is -0.900. The van der Waals surface area contributed by atoms with Gasteiger partial charge >= 0.3 is 0 Å². The van der Waals surface area contributed by atoms with E-state index in [2.05, 4.69) is 53.2 Å². The van der Waals surface area contributed by atoms with Crippen molar-refractivity contribution in [1.82, 2.24) is 15.1 Å². The third-order valence-electron chi connectivity index (χ3n) is 8.74. The van der Waals surface area contributed by atoms with Crippen LogP contribution >= 0.6 is 0 Å². The van der Waals surface area contributed by atoms with Gasteiger partial charge < -0.3 is 5.32 Å². The topological polar surface area (TPSA) is 18.5 Å². The number of rotatable bonds is 4. The molecule has 2 heterocycles. The van der Waals surface area contributed by atoms with E-state index in [-0.39, 0.29) is 0 Å². The summed E-state index contributed by atoms with van der Waals surface area (Å²) in [6, 6.07) is 11.6. The molecule has 160 valence electrons. The second kappa shape index (κ2) is 8.32. The normalized spacial score (nSPS) is 29.6. The molecule has 2 saturated carbocycles. The summed E-state index contributed by atoms with van der Waals surface area (Å²) in [5.41, 5.74) is 3.86. The van der Waals surface area contributed by atoms with Crippen molar-refractivity contribution < 1.29 is 0 Å². The molecular formula is C26H41N3. The molecule has 2 aliphatic carbocycles. The van der Waals surface area contributed by atoms with Gasteiger partial charge in [0.25, 0.3) is 0 Å². The van der Waals surface area contributed by atoms with Gasteiger partial charge in [0, 0.05) is 37.8 Å². The highest BCUT2D eigenvalue weighted by Gasteiger charge is 2.49. The summed E-state index contributed by atoms with van der Waals surface area (Å²) in [5, 5.41) is 3.57. The zero-order valence-corrected chi connectivity index (χ0v) is 18.7. The Kier molecular flexibility index (Phi) is 5.75. The van der Waals surface area contributed by atoms with E-state index in [1.54, 1.807) is 11.1 Å². The number of benzene rings is 1. The predicted octanol–water partition coefficient (Wildman–Crippen LogP) is 4.94. The highest BCUT2D eigenvalue weighted by molar-refractivity contribution is 5.33. The summed E-state index contributed by atoms with van der Waals surface area (Å²) in [4.78, 5) is 5.81. The molecule has 1 unspecified atom stereocenters. The van der Waals surface area contributed by atoms with E-state index in [1.165, 1.54) is 84.1 Å². The molecule has 0 aromatic heterocycles.